The Bertz CT molecular complexity index is 1310. The van der Waals surface area contributed by atoms with Crippen LogP contribution in [0.15, 0.2) is 0 Å². The van der Waals surface area contributed by atoms with Gasteiger partial charge in [0.25, 0.3) is 0 Å². The van der Waals surface area contributed by atoms with Crippen LogP contribution in [0.1, 0.15) is 86.5 Å². The minimum atomic E-state index is -4.33. The van der Waals surface area contributed by atoms with E-state index in [1.54, 1.807) is 32.6 Å². The predicted octanol–water partition coefficient (Wildman–Crippen LogP) is 4.38. The number of hydrogen-bond donors (Lipinski definition) is 1. The van der Waals surface area contributed by atoms with Crippen molar-refractivity contribution < 1.29 is 46.6 Å². The molecule has 0 radical (unpaired) electrons. The topological polar surface area (TPSA) is 118 Å². The van der Waals surface area contributed by atoms with Crippen LogP contribution in [0, 0.1) is 34.0 Å². The molecule has 2 aliphatic carbocycles. The van der Waals surface area contributed by atoms with E-state index in [1.165, 1.54) is 9.80 Å². The van der Waals surface area contributed by atoms with Gasteiger partial charge >= 0.3 is 12.3 Å². The maximum atomic E-state index is 14.4. The molecule has 4 amide bonds. The van der Waals surface area contributed by atoms with Crippen molar-refractivity contribution in [1.82, 2.24) is 20.0 Å². The molecule has 0 aromatic carbocycles. The van der Waals surface area contributed by atoms with Gasteiger partial charge in [0, 0.05) is 56.0 Å². The van der Waals surface area contributed by atoms with Crippen molar-refractivity contribution >= 4 is 23.8 Å². The third-order valence-corrected chi connectivity index (χ3v) is 12.3. The molecule has 14 heteroatoms. The fourth-order valence-electron chi connectivity index (χ4n) is 8.75. The van der Waals surface area contributed by atoms with E-state index in [-0.39, 0.29) is 67.8 Å². The smallest absolute Gasteiger partial charge is 0.410 e. The van der Waals surface area contributed by atoms with Gasteiger partial charge in [-0.25, -0.2) is 4.79 Å². The number of amides is 4. The fraction of sp³-hybridized carbons (Fsp3) is 0.889. The number of halogens is 3. The summed E-state index contributed by atoms with van der Waals surface area (Å²) in [5, 5.41) is 2.96. The number of hydrogen-bond acceptors (Lipinski definition) is 7. The number of nitrogens with one attached hydrogen (secondary N) is 1. The Labute approximate surface area is 293 Å². The van der Waals surface area contributed by atoms with Crippen molar-refractivity contribution in [2.75, 3.05) is 52.5 Å². The largest absolute Gasteiger partial charge is 0.444 e. The van der Waals surface area contributed by atoms with Crippen LogP contribution in [0.5, 0.6) is 0 Å². The molecule has 1 N–H and O–H groups in total. The van der Waals surface area contributed by atoms with Gasteiger partial charge in [0.1, 0.15) is 11.6 Å². The molecule has 7 fully saturated rings. The molecular weight excluding hydrogens is 657 g/mol. The Balaban J connectivity index is 1.19. The highest BCUT2D eigenvalue weighted by Gasteiger charge is 2.62. The monoisotopic (exact) mass is 712 g/mol. The molecule has 7 rings (SSSR count). The second-order valence-corrected chi connectivity index (χ2v) is 17.9. The van der Waals surface area contributed by atoms with Gasteiger partial charge in [-0.15, -0.1) is 0 Å². The Morgan fingerprint density at radius 3 is 2.04 bits per heavy atom. The number of likely N-dealkylation sites (tertiary alicyclic amines) is 3. The molecule has 5 heterocycles. The van der Waals surface area contributed by atoms with Crippen LogP contribution in [0.3, 0.4) is 0 Å². The van der Waals surface area contributed by atoms with E-state index in [1.807, 2.05) is 0 Å². The third-order valence-electron chi connectivity index (χ3n) is 12.3. The average molecular weight is 713 g/mol. The van der Waals surface area contributed by atoms with E-state index in [9.17, 15) is 32.3 Å². The molecule has 50 heavy (non-hydrogen) atoms. The second-order valence-electron chi connectivity index (χ2n) is 17.9. The summed E-state index contributed by atoms with van der Waals surface area (Å²) in [6.07, 6.45) is -1.22. The summed E-state index contributed by atoms with van der Waals surface area (Å²) in [6, 6.07) is -1.15. The van der Waals surface area contributed by atoms with Crippen molar-refractivity contribution in [3.63, 3.8) is 0 Å². The maximum absolute atomic E-state index is 14.4. The molecule has 0 unspecified atom stereocenters. The summed E-state index contributed by atoms with van der Waals surface area (Å²) < 4.78 is 58.3. The summed E-state index contributed by atoms with van der Waals surface area (Å²) in [7, 11) is 0. The van der Waals surface area contributed by atoms with Gasteiger partial charge in [0.2, 0.25) is 17.7 Å². The molecule has 11 nitrogen and oxygen atoms in total. The molecule has 282 valence electrons. The van der Waals surface area contributed by atoms with Crippen LogP contribution < -0.4 is 5.32 Å². The van der Waals surface area contributed by atoms with E-state index < -0.39 is 59.1 Å². The van der Waals surface area contributed by atoms with Gasteiger partial charge in [-0.3, -0.25) is 14.4 Å². The average Bonchev–Trinajstić information content (AvgIpc) is 3.48. The van der Waals surface area contributed by atoms with Gasteiger partial charge in [0.05, 0.1) is 37.3 Å². The molecule has 0 aromatic heterocycles. The van der Waals surface area contributed by atoms with Crippen molar-refractivity contribution in [2.45, 2.75) is 117 Å². The Hall–Kier alpha value is -2.61. The zero-order chi connectivity index (χ0) is 36.4. The zero-order valence-corrected chi connectivity index (χ0v) is 30.4. The van der Waals surface area contributed by atoms with Gasteiger partial charge in [-0.1, -0.05) is 13.8 Å². The minimum Gasteiger partial charge on any atom is -0.444 e. The van der Waals surface area contributed by atoms with Crippen LogP contribution in [0.25, 0.3) is 0 Å². The molecule has 4 atom stereocenters. The highest BCUT2D eigenvalue weighted by atomic mass is 19.4. The fourth-order valence-corrected chi connectivity index (χ4v) is 8.75. The quantitative estimate of drug-likeness (QED) is 0.397. The van der Waals surface area contributed by atoms with Crippen LogP contribution >= 0.6 is 0 Å². The van der Waals surface area contributed by atoms with Gasteiger partial charge in [0.15, 0.2) is 0 Å². The van der Waals surface area contributed by atoms with Gasteiger partial charge in [-0.2, -0.15) is 13.2 Å². The van der Waals surface area contributed by atoms with Crippen molar-refractivity contribution in [2.24, 2.45) is 34.0 Å². The number of carbonyl (C=O) groups excluding carboxylic acids is 4. The van der Waals surface area contributed by atoms with Crippen LogP contribution in [-0.2, 0) is 28.6 Å². The van der Waals surface area contributed by atoms with Crippen molar-refractivity contribution in [1.29, 1.82) is 0 Å². The first-order chi connectivity index (χ1) is 23.2. The number of nitrogens with zero attached hydrogens (tertiary/aromatic N) is 3. The SMILES string of the molecule is C[C@@H](OCC12CCC(CC1)OC2)[C@@H](NC(=O)[C@@H]1CN(C(=O)OC(C)(C)C)CC12CN(C(=O)[C@H]1CC1(C)C)C2)C(=O)N1CCC(C(F)(F)F)CC1. The lowest BCUT2D eigenvalue weighted by atomic mass is 9.70. The van der Waals surface area contributed by atoms with E-state index in [0.29, 0.717) is 26.3 Å². The second kappa shape index (κ2) is 13.1. The van der Waals surface area contributed by atoms with Crippen molar-refractivity contribution in [3.05, 3.63) is 0 Å². The molecule has 7 aliphatic rings. The van der Waals surface area contributed by atoms with E-state index in [4.69, 9.17) is 14.2 Å². The van der Waals surface area contributed by atoms with E-state index in [2.05, 4.69) is 19.2 Å². The highest BCUT2D eigenvalue weighted by Crippen LogP contribution is 2.55. The molecule has 1 spiro atoms. The summed E-state index contributed by atoms with van der Waals surface area (Å²) in [5.74, 6) is -3.17. The first kappa shape index (κ1) is 37.2. The molecular formula is C36H55F3N4O7. The maximum Gasteiger partial charge on any atom is 0.410 e. The lowest BCUT2D eigenvalue weighted by Crippen LogP contribution is -2.65. The Morgan fingerprint density at radius 2 is 1.52 bits per heavy atom. The first-order valence-corrected chi connectivity index (χ1v) is 18.4. The van der Waals surface area contributed by atoms with Crippen molar-refractivity contribution in [3.8, 4) is 0 Å². The molecule has 5 saturated heterocycles. The Kier molecular flexibility index (Phi) is 9.74. The number of fused-ring (bicyclic) bond motifs is 3. The summed E-state index contributed by atoms with van der Waals surface area (Å²) >= 11 is 0. The van der Waals surface area contributed by atoms with Crippen LogP contribution in [-0.4, -0.2) is 121 Å². The van der Waals surface area contributed by atoms with Gasteiger partial charge in [-0.05, 0) is 78.1 Å². The third kappa shape index (κ3) is 7.61. The predicted molar refractivity (Wildman–Crippen MR) is 176 cm³/mol. The summed E-state index contributed by atoms with van der Waals surface area (Å²) in [5.41, 5.74) is -1.71. The van der Waals surface area contributed by atoms with Crippen LogP contribution in [0.4, 0.5) is 18.0 Å². The van der Waals surface area contributed by atoms with E-state index in [0.717, 1.165) is 32.1 Å². The van der Waals surface area contributed by atoms with E-state index >= 15 is 0 Å². The number of carbonyl (C=O) groups is 4. The molecule has 2 saturated carbocycles. The molecule has 5 aliphatic heterocycles. The zero-order valence-electron chi connectivity index (χ0n) is 30.4. The van der Waals surface area contributed by atoms with Gasteiger partial charge < -0.3 is 34.2 Å². The standard InChI is InChI=1S/C36H55F3N4O7/c1-22(48-20-34-11-7-24(8-12-34)49-21-34)27(30(46)41-13-9-23(10-14-41)36(37,38)39)40-28(44)26-16-42(31(47)50-32(2,3)4)17-35(26)18-43(19-35)29(45)25-15-33(25,5)6/h22-27H,7-21H2,1-6H3,(H,40,44)/t22-,24?,25-,26+,27-,34?/m1/s1. The number of rotatable bonds is 8. The number of ether oxygens (including phenoxy) is 3. The first-order valence-electron chi connectivity index (χ1n) is 18.4. The van der Waals surface area contributed by atoms with Crippen LogP contribution in [0.2, 0.25) is 0 Å². The Morgan fingerprint density at radius 1 is 0.920 bits per heavy atom. The minimum absolute atomic E-state index is 0.0481. The normalized spacial score (nSPS) is 31.6. The summed E-state index contributed by atoms with van der Waals surface area (Å²) in [6.45, 7) is 12.8. The highest BCUT2D eigenvalue weighted by molar-refractivity contribution is 5.91. The molecule has 0 aromatic rings. The number of alkyl halides is 3. The lowest BCUT2D eigenvalue weighted by molar-refractivity contribution is -0.187. The summed E-state index contributed by atoms with van der Waals surface area (Å²) in [4.78, 5) is 59.6. The molecule has 2 bridgehead atoms. The lowest BCUT2D eigenvalue weighted by Gasteiger charge is -2.50. The number of piperidine rings is 1.